The lowest BCUT2D eigenvalue weighted by atomic mass is 10.2. The molecule has 0 bridgehead atoms. The number of aryl methyl sites for hydroxylation is 1. The highest BCUT2D eigenvalue weighted by atomic mass is 32.1. The van der Waals surface area contributed by atoms with Crippen LogP contribution in [0.5, 0.6) is 0 Å². The predicted molar refractivity (Wildman–Crippen MR) is 95.8 cm³/mol. The zero-order valence-electron chi connectivity index (χ0n) is 14.0. The third-order valence-corrected chi connectivity index (χ3v) is 5.32. The van der Waals surface area contributed by atoms with Gasteiger partial charge in [0.15, 0.2) is 0 Å². The number of thiophene rings is 1. The third-order valence-electron chi connectivity index (χ3n) is 4.36. The van der Waals surface area contributed by atoms with Crippen molar-refractivity contribution >= 4 is 33.2 Å². The second-order valence-electron chi connectivity index (χ2n) is 6.13. The van der Waals surface area contributed by atoms with E-state index in [2.05, 4.69) is 25.9 Å². The summed E-state index contributed by atoms with van der Waals surface area (Å²) in [5.74, 6) is 1.25. The van der Waals surface area contributed by atoms with Gasteiger partial charge in [0.05, 0.1) is 5.39 Å². The van der Waals surface area contributed by atoms with Gasteiger partial charge in [0.2, 0.25) is 0 Å². The van der Waals surface area contributed by atoms with Gasteiger partial charge in [-0.2, -0.15) is 13.2 Å². The average molecular weight is 379 g/mol. The SMILES string of the molecule is Cc1cc2c(N3CCN(c4cccc(C(F)(F)F)n4)CC3)ncnc2s1. The molecular formula is C17H16F3N5S. The van der Waals surface area contributed by atoms with Crippen LogP contribution in [0.15, 0.2) is 30.6 Å². The molecule has 3 aromatic heterocycles. The molecule has 4 rings (SSSR count). The minimum Gasteiger partial charge on any atom is -0.353 e. The largest absolute Gasteiger partial charge is 0.433 e. The van der Waals surface area contributed by atoms with Gasteiger partial charge in [-0.25, -0.2) is 15.0 Å². The van der Waals surface area contributed by atoms with Gasteiger partial charge in [-0.15, -0.1) is 11.3 Å². The highest BCUT2D eigenvalue weighted by Crippen LogP contribution is 2.31. The van der Waals surface area contributed by atoms with Crippen molar-refractivity contribution in [3.63, 3.8) is 0 Å². The number of fused-ring (bicyclic) bond motifs is 1. The van der Waals surface area contributed by atoms with Gasteiger partial charge in [-0.05, 0) is 25.1 Å². The van der Waals surface area contributed by atoms with Crippen molar-refractivity contribution in [2.45, 2.75) is 13.1 Å². The van der Waals surface area contributed by atoms with Gasteiger partial charge < -0.3 is 9.80 Å². The Hall–Kier alpha value is -2.42. The molecule has 1 saturated heterocycles. The Morgan fingerprint density at radius 3 is 2.50 bits per heavy atom. The molecule has 3 aromatic rings. The highest BCUT2D eigenvalue weighted by Gasteiger charge is 2.33. The van der Waals surface area contributed by atoms with Gasteiger partial charge in [-0.1, -0.05) is 6.07 Å². The van der Waals surface area contributed by atoms with Crippen LogP contribution in [0.3, 0.4) is 0 Å². The summed E-state index contributed by atoms with van der Waals surface area (Å²) >= 11 is 1.63. The first kappa shape index (κ1) is 17.0. The van der Waals surface area contributed by atoms with Gasteiger partial charge in [0.1, 0.15) is 28.5 Å². The van der Waals surface area contributed by atoms with Crippen LogP contribution in [0.4, 0.5) is 24.8 Å². The fraction of sp³-hybridized carbons (Fsp3) is 0.353. The number of nitrogens with zero attached hydrogens (tertiary/aromatic N) is 5. The molecule has 0 radical (unpaired) electrons. The molecule has 136 valence electrons. The first-order valence-corrected chi connectivity index (χ1v) is 8.99. The number of alkyl halides is 3. The number of anilines is 2. The molecular weight excluding hydrogens is 363 g/mol. The molecule has 0 atom stereocenters. The summed E-state index contributed by atoms with van der Waals surface area (Å²) in [6.45, 7) is 4.54. The van der Waals surface area contributed by atoms with E-state index in [0.29, 0.717) is 32.0 Å². The Bertz CT molecular complexity index is 932. The molecule has 26 heavy (non-hydrogen) atoms. The molecule has 0 N–H and O–H groups in total. The topological polar surface area (TPSA) is 45.2 Å². The van der Waals surface area contributed by atoms with Crippen molar-refractivity contribution in [3.8, 4) is 0 Å². The third kappa shape index (κ3) is 3.18. The minimum atomic E-state index is -4.43. The molecule has 5 nitrogen and oxygen atoms in total. The maximum absolute atomic E-state index is 12.9. The number of halogens is 3. The summed E-state index contributed by atoms with van der Waals surface area (Å²) < 4.78 is 38.6. The van der Waals surface area contributed by atoms with Crippen LogP contribution < -0.4 is 9.80 Å². The van der Waals surface area contributed by atoms with Crippen LogP contribution in [0.1, 0.15) is 10.6 Å². The Kier molecular flexibility index (Phi) is 4.18. The zero-order chi connectivity index (χ0) is 18.3. The van der Waals surface area contributed by atoms with E-state index in [1.165, 1.54) is 10.9 Å². The van der Waals surface area contributed by atoms with Gasteiger partial charge in [0, 0.05) is 31.1 Å². The lowest BCUT2D eigenvalue weighted by Crippen LogP contribution is -2.47. The minimum absolute atomic E-state index is 0.360. The molecule has 1 fully saturated rings. The second-order valence-corrected chi connectivity index (χ2v) is 7.36. The molecule has 0 amide bonds. The van der Waals surface area contributed by atoms with Crippen molar-refractivity contribution in [2.24, 2.45) is 0 Å². The fourth-order valence-corrected chi connectivity index (χ4v) is 3.96. The molecule has 0 aliphatic carbocycles. The lowest BCUT2D eigenvalue weighted by molar-refractivity contribution is -0.141. The maximum Gasteiger partial charge on any atom is 0.433 e. The number of pyridine rings is 1. The quantitative estimate of drug-likeness (QED) is 0.679. The van der Waals surface area contributed by atoms with E-state index < -0.39 is 11.9 Å². The summed E-state index contributed by atoms with van der Waals surface area (Å²) in [5, 5.41) is 1.03. The van der Waals surface area contributed by atoms with Crippen molar-refractivity contribution in [3.05, 3.63) is 41.2 Å². The predicted octanol–water partition coefficient (Wildman–Crippen LogP) is 3.74. The van der Waals surface area contributed by atoms with E-state index in [1.54, 1.807) is 23.7 Å². The molecule has 0 saturated carbocycles. The van der Waals surface area contributed by atoms with E-state index in [4.69, 9.17) is 0 Å². The molecule has 0 unspecified atom stereocenters. The van der Waals surface area contributed by atoms with E-state index in [-0.39, 0.29) is 0 Å². The van der Waals surface area contributed by atoms with E-state index in [1.807, 2.05) is 11.8 Å². The second kappa shape index (κ2) is 6.39. The molecule has 0 spiro atoms. The van der Waals surface area contributed by atoms with Crippen LogP contribution >= 0.6 is 11.3 Å². The van der Waals surface area contributed by atoms with Crippen molar-refractivity contribution in [2.75, 3.05) is 36.0 Å². The average Bonchev–Trinajstić information content (AvgIpc) is 3.01. The standard InChI is InChI=1S/C17H16F3N5S/c1-11-9-12-15(21-10-22-16(12)26-11)25-7-5-24(6-8-25)14-4-2-3-13(23-14)17(18,19)20/h2-4,9-10H,5-8H2,1H3. The van der Waals surface area contributed by atoms with Crippen LogP contribution in [0.25, 0.3) is 10.2 Å². The smallest absolute Gasteiger partial charge is 0.353 e. The molecule has 0 aromatic carbocycles. The Labute approximate surface area is 152 Å². The molecule has 1 aliphatic rings. The number of piperazine rings is 1. The zero-order valence-corrected chi connectivity index (χ0v) is 14.8. The van der Waals surface area contributed by atoms with Crippen LogP contribution in [-0.2, 0) is 6.18 Å². The number of aromatic nitrogens is 3. The Morgan fingerprint density at radius 1 is 1.04 bits per heavy atom. The summed E-state index contributed by atoms with van der Waals surface area (Å²) in [4.78, 5) is 18.7. The molecule has 4 heterocycles. The van der Waals surface area contributed by atoms with Gasteiger partial charge >= 0.3 is 6.18 Å². The Balaban J connectivity index is 1.52. The highest BCUT2D eigenvalue weighted by molar-refractivity contribution is 7.18. The lowest BCUT2D eigenvalue weighted by Gasteiger charge is -2.36. The van der Waals surface area contributed by atoms with Crippen molar-refractivity contribution < 1.29 is 13.2 Å². The van der Waals surface area contributed by atoms with Crippen LogP contribution in [-0.4, -0.2) is 41.1 Å². The van der Waals surface area contributed by atoms with E-state index in [9.17, 15) is 13.2 Å². The van der Waals surface area contributed by atoms with E-state index in [0.717, 1.165) is 22.1 Å². The fourth-order valence-electron chi connectivity index (χ4n) is 3.12. The van der Waals surface area contributed by atoms with Crippen LogP contribution in [0, 0.1) is 6.92 Å². The van der Waals surface area contributed by atoms with Crippen molar-refractivity contribution in [1.29, 1.82) is 0 Å². The summed E-state index contributed by atoms with van der Waals surface area (Å²) in [7, 11) is 0. The van der Waals surface area contributed by atoms with Crippen molar-refractivity contribution in [1.82, 2.24) is 15.0 Å². The molecule has 1 aliphatic heterocycles. The van der Waals surface area contributed by atoms with Crippen LogP contribution in [0.2, 0.25) is 0 Å². The summed E-state index contributed by atoms with van der Waals surface area (Å²) in [6.07, 6.45) is -2.87. The first-order chi connectivity index (χ1) is 12.4. The van der Waals surface area contributed by atoms with Gasteiger partial charge in [0.25, 0.3) is 0 Å². The summed E-state index contributed by atoms with van der Waals surface area (Å²) in [6, 6.07) is 6.10. The Morgan fingerprint density at radius 2 is 1.77 bits per heavy atom. The van der Waals surface area contributed by atoms with Gasteiger partial charge in [-0.3, -0.25) is 0 Å². The maximum atomic E-state index is 12.9. The number of hydrogen-bond acceptors (Lipinski definition) is 6. The first-order valence-electron chi connectivity index (χ1n) is 8.17. The number of hydrogen-bond donors (Lipinski definition) is 0. The molecule has 9 heteroatoms. The normalized spacial score (nSPS) is 15.7. The monoisotopic (exact) mass is 379 g/mol. The summed E-state index contributed by atoms with van der Waals surface area (Å²) in [5.41, 5.74) is -0.858. The number of rotatable bonds is 2. The van der Waals surface area contributed by atoms with E-state index >= 15 is 0 Å².